The minimum absolute atomic E-state index is 0.0216. The van der Waals surface area contributed by atoms with Gasteiger partial charge in [-0.15, -0.1) is 0 Å². The summed E-state index contributed by atoms with van der Waals surface area (Å²) in [5, 5.41) is 2.96. The van der Waals surface area contributed by atoms with Gasteiger partial charge in [0.05, 0.1) is 0 Å². The third-order valence-electron chi connectivity index (χ3n) is 4.79. The lowest BCUT2D eigenvalue weighted by Crippen LogP contribution is -2.47. The van der Waals surface area contributed by atoms with Gasteiger partial charge in [-0.25, -0.2) is 0 Å². The van der Waals surface area contributed by atoms with E-state index in [1.807, 2.05) is 68.6 Å². The van der Waals surface area contributed by atoms with Crippen molar-refractivity contribution in [3.05, 3.63) is 58.6 Å². The van der Waals surface area contributed by atoms with Crippen LogP contribution in [0, 0.1) is 5.92 Å². The van der Waals surface area contributed by atoms with Gasteiger partial charge in [0.25, 0.3) is 11.8 Å². The molecular formula is C22H25BrN2O3S. The van der Waals surface area contributed by atoms with E-state index in [9.17, 15) is 9.59 Å². The molecule has 0 fully saturated rings. The molecule has 2 aromatic rings. The maximum Gasteiger partial charge on any atom is 0.264 e. The minimum Gasteiger partial charge on any atom is -0.480 e. The summed E-state index contributed by atoms with van der Waals surface area (Å²) in [6.07, 6.45) is 1.36. The number of ether oxygens (including phenoxy) is 1. The molecule has 0 aliphatic carbocycles. The third-order valence-corrected chi connectivity index (χ3v) is 5.87. The molecule has 1 heterocycles. The number of hydrogen-bond acceptors (Lipinski definition) is 4. The Bertz CT molecular complexity index is 876. The number of anilines is 1. The zero-order chi connectivity index (χ0) is 21.0. The minimum atomic E-state index is -0.772. The van der Waals surface area contributed by atoms with Crippen LogP contribution in [-0.2, 0) is 9.59 Å². The van der Waals surface area contributed by atoms with E-state index < -0.39 is 12.1 Å². The van der Waals surface area contributed by atoms with E-state index in [-0.39, 0.29) is 17.7 Å². The normalized spacial score (nSPS) is 18.8. The number of para-hydroxylation sites is 1. The van der Waals surface area contributed by atoms with E-state index in [0.717, 1.165) is 10.2 Å². The standard InChI is InChI=1S/C22H25BrN2O3S/c1-14(2)20-22(27)25(11-12-29-3)19(17-13-15(23)9-10-18(17)28-20)21(26)24-16-7-5-4-6-8-16/h4-10,13-14,19-20H,11-12H2,1-3H3,(H,24,26). The fourth-order valence-corrected chi connectivity index (χ4v) is 4.11. The lowest BCUT2D eigenvalue weighted by Gasteiger charge is -2.31. The van der Waals surface area contributed by atoms with Crippen molar-refractivity contribution in [3.63, 3.8) is 0 Å². The molecule has 5 nitrogen and oxygen atoms in total. The van der Waals surface area contributed by atoms with E-state index in [1.165, 1.54) is 0 Å². The highest BCUT2D eigenvalue weighted by Crippen LogP contribution is 2.38. The average Bonchev–Trinajstić information content (AvgIpc) is 2.81. The van der Waals surface area contributed by atoms with Crippen molar-refractivity contribution < 1.29 is 14.3 Å². The van der Waals surface area contributed by atoms with Gasteiger partial charge >= 0.3 is 0 Å². The molecule has 0 spiro atoms. The number of thioether (sulfide) groups is 1. The quantitative estimate of drug-likeness (QED) is 0.653. The second-order valence-corrected chi connectivity index (χ2v) is 9.15. The highest BCUT2D eigenvalue weighted by molar-refractivity contribution is 9.10. The summed E-state index contributed by atoms with van der Waals surface area (Å²) in [5.74, 6) is 0.870. The maximum absolute atomic E-state index is 13.4. The number of hydrogen-bond donors (Lipinski definition) is 1. The van der Waals surface area contributed by atoms with Gasteiger partial charge in [-0.1, -0.05) is 48.0 Å². The van der Waals surface area contributed by atoms with Crippen molar-refractivity contribution in [2.24, 2.45) is 5.92 Å². The summed E-state index contributed by atoms with van der Waals surface area (Å²) in [5.41, 5.74) is 1.38. The number of rotatable bonds is 6. The Kier molecular flexibility index (Phi) is 7.24. The first-order chi connectivity index (χ1) is 13.9. The topological polar surface area (TPSA) is 58.6 Å². The summed E-state index contributed by atoms with van der Waals surface area (Å²) in [6, 6.07) is 14.1. The molecule has 1 aliphatic rings. The van der Waals surface area contributed by atoms with Crippen LogP contribution in [-0.4, -0.2) is 41.4 Å². The fraction of sp³-hybridized carbons (Fsp3) is 0.364. The number of carbonyl (C=O) groups is 2. The van der Waals surface area contributed by atoms with Crippen molar-refractivity contribution in [1.82, 2.24) is 4.90 Å². The predicted octanol–water partition coefficient (Wildman–Crippen LogP) is 4.74. The van der Waals surface area contributed by atoms with E-state index >= 15 is 0 Å². The Morgan fingerprint density at radius 3 is 2.62 bits per heavy atom. The van der Waals surface area contributed by atoms with Gasteiger partial charge in [-0.2, -0.15) is 11.8 Å². The Morgan fingerprint density at radius 1 is 1.24 bits per heavy atom. The highest BCUT2D eigenvalue weighted by atomic mass is 79.9. The van der Waals surface area contributed by atoms with E-state index in [1.54, 1.807) is 16.7 Å². The van der Waals surface area contributed by atoms with Crippen LogP contribution in [0.1, 0.15) is 25.5 Å². The molecule has 0 bridgehead atoms. The van der Waals surface area contributed by atoms with E-state index in [0.29, 0.717) is 23.5 Å². The molecule has 0 radical (unpaired) electrons. The Balaban J connectivity index is 2.08. The number of nitrogens with zero attached hydrogens (tertiary/aromatic N) is 1. The molecule has 2 aromatic carbocycles. The van der Waals surface area contributed by atoms with Gasteiger partial charge < -0.3 is 15.0 Å². The van der Waals surface area contributed by atoms with Gasteiger partial charge in [-0.3, -0.25) is 9.59 Å². The van der Waals surface area contributed by atoms with Crippen molar-refractivity contribution in [3.8, 4) is 5.75 Å². The molecule has 7 heteroatoms. The number of halogens is 1. The van der Waals surface area contributed by atoms with Crippen LogP contribution in [0.4, 0.5) is 5.69 Å². The van der Waals surface area contributed by atoms with Crippen molar-refractivity contribution in [1.29, 1.82) is 0 Å². The molecule has 3 rings (SSSR count). The van der Waals surface area contributed by atoms with Crippen LogP contribution in [0.25, 0.3) is 0 Å². The first-order valence-corrected chi connectivity index (χ1v) is 11.7. The highest BCUT2D eigenvalue weighted by Gasteiger charge is 2.41. The summed E-state index contributed by atoms with van der Waals surface area (Å²) in [7, 11) is 0. The molecule has 154 valence electrons. The Morgan fingerprint density at radius 2 is 1.97 bits per heavy atom. The SMILES string of the molecule is CSCCN1C(=O)C(C(C)C)Oc2ccc(Br)cc2C1C(=O)Nc1ccccc1. The molecule has 1 aliphatic heterocycles. The first-order valence-electron chi connectivity index (χ1n) is 9.53. The van der Waals surface area contributed by atoms with Gasteiger partial charge in [-0.05, 0) is 42.5 Å². The number of amides is 2. The van der Waals surface area contributed by atoms with Gasteiger partial charge in [0.15, 0.2) is 6.10 Å². The molecule has 0 saturated heterocycles. The number of carbonyl (C=O) groups excluding carboxylic acids is 2. The van der Waals surface area contributed by atoms with Crippen LogP contribution >= 0.6 is 27.7 Å². The largest absolute Gasteiger partial charge is 0.480 e. The van der Waals surface area contributed by atoms with Crippen LogP contribution < -0.4 is 10.1 Å². The maximum atomic E-state index is 13.4. The van der Waals surface area contributed by atoms with Gasteiger partial charge in [0, 0.05) is 28.0 Å². The monoisotopic (exact) mass is 476 g/mol. The molecule has 0 saturated carbocycles. The second kappa shape index (κ2) is 9.67. The van der Waals surface area contributed by atoms with E-state index in [2.05, 4.69) is 21.2 Å². The number of benzene rings is 2. The van der Waals surface area contributed by atoms with Gasteiger partial charge in [0.2, 0.25) is 0 Å². The van der Waals surface area contributed by atoms with Gasteiger partial charge in [0.1, 0.15) is 11.8 Å². The zero-order valence-electron chi connectivity index (χ0n) is 16.7. The fourth-order valence-electron chi connectivity index (χ4n) is 3.35. The summed E-state index contributed by atoms with van der Waals surface area (Å²) in [4.78, 5) is 28.5. The summed E-state index contributed by atoms with van der Waals surface area (Å²) >= 11 is 5.14. The predicted molar refractivity (Wildman–Crippen MR) is 121 cm³/mol. The lowest BCUT2D eigenvalue weighted by atomic mass is 10.0. The second-order valence-electron chi connectivity index (χ2n) is 7.25. The Hall–Kier alpha value is -1.99. The molecule has 29 heavy (non-hydrogen) atoms. The smallest absolute Gasteiger partial charge is 0.264 e. The number of nitrogens with one attached hydrogen (secondary N) is 1. The molecular weight excluding hydrogens is 452 g/mol. The summed E-state index contributed by atoms with van der Waals surface area (Å²) < 4.78 is 6.96. The summed E-state index contributed by atoms with van der Waals surface area (Å²) in [6.45, 7) is 4.38. The van der Waals surface area contributed by atoms with E-state index in [4.69, 9.17) is 4.74 Å². The lowest BCUT2D eigenvalue weighted by molar-refractivity contribution is -0.145. The molecule has 0 aromatic heterocycles. The molecule has 2 unspecified atom stereocenters. The Labute approximate surface area is 184 Å². The van der Waals surface area contributed by atoms with Crippen LogP contribution in [0.3, 0.4) is 0 Å². The first kappa shape index (κ1) is 21.7. The average molecular weight is 477 g/mol. The van der Waals surface area contributed by atoms with Crippen molar-refractivity contribution >= 4 is 45.2 Å². The van der Waals surface area contributed by atoms with Crippen LogP contribution in [0.15, 0.2) is 53.0 Å². The van der Waals surface area contributed by atoms with Crippen LogP contribution in [0.5, 0.6) is 5.75 Å². The van der Waals surface area contributed by atoms with Crippen LogP contribution in [0.2, 0.25) is 0 Å². The third kappa shape index (κ3) is 4.95. The molecule has 2 atom stereocenters. The van der Waals surface area contributed by atoms with Crippen molar-refractivity contribution in [2.45, 2.75) is 26.0 Å². The van der Waals surface area contributed by atoms with Crippen molar-refractivity contribution in [2.75, 3.05) is 23.9 Å². The number of fused-ring (bicyclic) bond motifs is 1. The molecule has 1 N–H and O–H groups in total. The molecule has 2 amide bonds. The zero-order valence-corrected chi connectivity index (χ0v) is 19.1.